The number of alkyl halides is 1. The smallest absolute Gasteiger partial charge is 0.254 e. The van der Waals surface area contributed by atoms with E-state index in [1.54, 1.807) is 18.2 Å². The number of morpholine rings is 1. The monoisotopic (exact) mass is 365 g/mol. The van der Waals surface area contributed by atoms with Crippen molar-refractivity contribution >= 4 is 38.4 Å². The zero-order valence-corrected chi connectivity index (χ0v) is 13.6. The number of aromatic hydroxyl groups is 1. The van der Waals surface area contributed by atoms with Gasteiger partial charge >= 0.3 is 0 Å². The van der Waals surface area contributed by atoms with Crippen molar-refractivity contribution in [2.75, 3.05) is 18.5 Å². The Hall–Kier alpha value is -1.70. The number of aryl methyl sites for hydroxylation is 1. The van der Waals surface area contributed by atoms with Gasteiger partial charge in [0.25, 0.3) is 5.91 Å². The number of aromatic nitrogens is 1. The van der Waals surface area contributed by atoms with Crippen molar-refractivity contribution < 1.29 is 14.6 Å². The summed E-state index contributed by atoms with van der Waals surface area (Å²) in [5, 5.41) is 16.4. The number of halogens is 1. The molecule has 2 aromatic rings. The molecule has 1 amide bonds. The van der Waals surface area contributed by atoms with Gasteiger partial charge in [-0.2, -0.15) is 0 Å². The molecule has 1 aliphatic rings. The maximum absolute atomic E-state index is 12.2. The van der Waals surface area contributed by atoms with E-state index in [0.29, 0.717) is 24.4 Å². The second-order valence-electron chi connectivity index (χ2n) is 5.22. The number of fused-ring (bicyclic) bond motifs is 1. The van der Waals surface area contributed by atoms with Gasteiger partial charge in [0.05, 0.1) is 17.1 Å². The summed E-state index contributed by atoms with van der Waals surface area (Å²) >= 11 is 3.38. The number of nitrogens with zero attached hydrogens (tertiary/aromatic N) is 1. The molecule has 1 aliphatic heterocycles. The molecular weight excluding hydrogens is 350 g/mol. The lowest BCUT2D eigenvalue weighted by molar-refractivity contribution is -0.129. The summed E-state index contributed by atoms with van der Waals surface area (Å²) in [5.74, 6) is -0.191. The van der Waals surface area contributed by atoms with Crippen molar-refractivity contribution in [1.29, 1.82) is 0 Å². The van der Waals surface area contributed by atoms with Crippen LogP contribution in [0.15, 0.2) is 24.3 Å². The second kappa shape index (κ2) is 6.20. The molecule has 6 nitrogen and oxygen atoms in total. The Morgan fingerprint density at radius 2 is 2.32 bits per heavy atom. The molecule has 0 radical (unpaired) electrons. The number of carbonyl (C=O) groups excluding carboxylic acids is 1. The summed E-state index contributed by atoms with van der Waals surface area (Å²) in [4.78, 5) is 16.3. The second-order valence-corrected chi connectivity index (χ2v) is 6.32. The summed E-state index contributed by atoms with van der Waals surface area (Å²) in [5.41, 5.74) is 2.27. The molecule has 0 bridgehead atoms. The number of pyridine rings is 1. The molecule has 116 valence electrons. The lowest BCUT2D eigenvalue weighted by atomic mass is 10.1. The minimum Gasteiger partial charge on any atom is -0.493 e. The number of carbonyl (C=O) groups is 1. The Morgan fingerprint density at radius 1 is 1.50 bits per heavy atom. The van der Waals surface area contributed by atoms with Crippen LogP contribution in [0.2, 0.25) is 0 Å². The number of hydrogen-bond donors (Lipinski definition) is 3. The van der Waals surface area contributed by atoms with E-state index in [9.17, 15) is 9.90 Å². The average molecular weight is 366 g/mol. The molecule has 1 fully saturated rings. The molecule has 0 aliphatic carbocycles. The van der Waals surface area contributed by atoms with Gasteiger partial charge in [0.2, 0.25) is 5.88 Å². The minimum atomic E-state index is -0.511. The van der Waals surface area contributed by atoms with E-state index in [-0.39, 0.29) is 16.7 Å². The van der Waals surface area contributed by atoms with Crippen LogP contribution in [0.3, 0.4) is 0 Å². The highest BCUT2D eigenvalue weighted by Crippen LogP contribution is 2.24. The first-order chi connectivity index (χ1) is 10.5. The molecule has 1 aromatic heterocycles. The Labute approximate surface area is 136 Å². The highest BCUT2D eigenvalue weighted by atomic mass is 79.9. The third-order valence-corrected chi connectivity index (χ3v) is 4.12. The molecular formula is C15H16BrN3O3. The van der Waals surface area contributed by atoms with Gasteiger partial charge in [0, 0.05) is 23.7 Å². The van der Waals surface area contributed by atoms with Crippen LogP contribution in [0.1, 0.15) is 5.56 Å². The van der Waals surface area contributed by atoms with Crippen LogP contribution in [0.5, 0.6) is 5.88 Å². The molecule has 3 N–H and O–H groups in total. The number of amides is 1. The highest BCUT2D eigenvalue weighted by Gasteiger charge is 2.25. The quantitative estimate of drug-likeness (QED) is 0.559. The van der Waals surface area contributed by atoms with Crippen LogP contribution in [0, 0.1) is 6.92 Å². The van der Waals surface area contributed by atoms with Crippen molar-refractivity contribution in [1.82, 2.24) is 10.3 Å². The summed E-state index contributed by atoms with van der Waals surface area (Å²) in [6, 6.07) is 6.97. The molecule has 2 unspecified atom stereocenters. The molecule has 2 atom stereocenters. The lowest BCUT2D eigenvalue weighted by Gasteiger charge is -2.26. The van der Waals surface area contributed by atoms with Gasteiger partial charge in [0.15, 0.2) is 0 Å². The van der Waals surface area contributed by atoms with Crippen LogP contribution in [0.25, 0.3) is 10.9 Å². The van der Waals surface area contributed by atoms with Crippen LogP contribution >= 0.6 is 15.9 Å². The standard InChI is InChI=1S/C15H16BrN3O3/c1-8-4-14(20)19-11-3-2-9(5-10(8)11)18-15(21)12-6-17-13(16)7-22-12/h2-5,12-13,17H,6-7H2,1H3,(H,18,21)(H,19,20). The largest absolute Gasteiger partial charge is 0.493 e. The number of hydrogen-bond acceptors (Lipinski definition) is 5. The Balaban J connectivity index is 1.78. The summed E-state index contributed by atoms with van der Waals surface area (Å²) < 4.78 is 5.48. The van der Waals surface area contributed by atoms with E-state index in [1.807, 2.05) is 13.0 Å². The van der Waals surface area contributed by atoms with Crippen molar-refractivity contribution in [3.63, 3.8) is 0 Å². The van der Waals surface area contributed by atoms with Crippen molar-refractivity contribution in [3.8, 4) is 5.88 Å². The van der Waals surface area contributed by atoms with E-state index in [0.717, 1.165) is 10.9 Å². The lowest BCUT2D eigenvalue weighted by Crippen LogP contribution is -2.48. The number of rotatable bonds is 2. The van der Waals surface area contributed by atoms with Gasteiger partial charge < -0.3 is 15.2 Å². The minimum absolute atomic E-state index is 0.00667. The Morgan fingerprint density at radius 3 is 3.05 bits per heavy atom. The number of ether oxygens (including phenoxy) is 1. The van der Waals surface area contributed by atoms with Gasteiger partial charge in [-0.15, -0.1) is 0 Å². The molecule has 0 spiro atoms. The van der Waals surface area contributed by atoms with Crippen molar-refractivity contribution in [3.05, 3.63) is 29.8 Å². The fraction of sp³-hybridized carbons (Fsp3) is 0.333. The molecule has 7 heteroatoms. The molecule has 22 heavy (non-hydrogen) atoms. The zero-order chi connectivity index (χ0) is 15.7. The molecule has 1 saturated heterocycles. The molecule has 2 heterocycles. The summed E-state index contributed by atoms with van der Waals surface area (Å²) in [6.07, 6.45) is -0.511. The fourth-order valence-electron chi connectivity index (χ4n) is 2.40. The predicted octanol–water partition coefficient (Wildman–Crippen LogP) is 1.90. The fourth-order valence-corrected chi connectivity index (χ4v) is 2.74. The molecule has 1 aromatic carbocycles. The van der Waals surface area contributed by atoms with E-state index in [4.69, 9.17) is 4.74 Å². The van der Waals surface area contributed by atoms with Crippen molar-refractivity contribution in [2.45, 2.75) is 18.0 Å². The van der Waals surface area contributed by atoms with Gasteiger partial charge in [-0.3, -0.25) is 10.1 Å². The first-order valence-electron chi connectivity index (χ1n) is 6.93. The summed E-state index contributed by atoms with van der Waals surface area (Å²) in [6.45, 7) is 2.79. The van der Waals surface area contributed by atoms with E-state index >= 15 is 0 Å². The Kier molecular flexibility index (Phi) is 4.28. The third-order valence-electron chi connectivity index (χ3n) is 3.53. The van der Waals surface area contributed by atoms with Crippen LogP contribution < -0.4 is 10.6 Å². The van der Waals surface area contributed by atoms with Gasteiger partial charge in [-0.1, -0.05) is 15.9 Å². The number of anilines is 1. The topological polar surface area (TPSA) is 83.5 Å². The SMILES string of the molecule is Cc1cc(O)nc2ccc(NC(=O)C3CNC(Br)CO3)cc12. The van der Waals surface area contributed by atoms with Crippen molar-refractivity contribution in [2.24, 2.45) is 0 Å². The van der Waals surface area contributed by atoms with Crippen LogP contribution in [0.4, 0.5) is 5.69 Å². The van der Waals surface area contributed by atoms with Gasteiger partial charge in [-0.25, -0.2) is 4.98 Å². The van der Waals surface area contributed by atoms with Crippen LogP contribution in [-0.4, -0.2) is 40.2 Å². The van der Waals surface area contributed by atoms with E-state index < -0.39 is 6.10 Å². The number of nitrogens with one attached hydrogen (secondary N) is 2. The molecule has 0 saturated carbocycles. The van der Waals surface area contributed by atoms with Gasteiger partial charge in [-0.05, 0) is 30.7 Å². The maximum Gasteiger partial charge on any atom is 0.254 e. The average Bonchev–Trinajstić information content (AvgIpc) is 2.48. The van der Waals surface area contributed by atoms with E-state index in [2.05, 4.69) is 31.5 Å². The third kappa shape index (κ3) is 3.21. The highest BCUT2D eigenvalue weighted by molar-refractivity contribution is 9.09. The predicted molar refractivity (Wildman–Crippen MR) is 87.2 cm³/mol. The molecule has 3 rings (SSSR count). The Bertz CT molecular complexity index is 714. The zero-order valence-electron chi connectivity index (χ0n) is 12.0. The first-order valence-corrected chi connectivity index (χ1v) is 7.85. The van der Waals surface area contributed by atoms with Crippen LogP contribution in [-0.2, 0) is 9.53 Å². The normalized spacial score (nSPS) is 21.7. The first kappa shape index (κ1) is 15.2. The number of benzene rings is 1. The van der Waals surface area contributed by atoms with Gasteiger partial charge in [0.1, 0.15) is 6.10 Å². The maximum atomic E-state index is 12.2. The summed E-state index contributed by atoms with van der Waals surface area (Å²) in [7, 11) is 0. The van der Waals surface area contributed by atoms with E-state index in [1.165, 1.54) is 0 Å².